The van der Waals surface area contributed by atoms with E-state index in [1.54, 1.807) is 51.4 Å². The van der Waals surface area contributed by atoms with E-state index in [0.717, 1.165) is 0 Å². The summed E-state index contributed by atoms with van der Waals surface area (Å²) in [6.07, 6.45) is 12.9. The minimum absolute atomic E-state index is 0.105. The van der Waals surface area contributed by atoms with Crippen LogP contribution in [0.15, 0.2) is 48.5 Å². The van der Waals surface area contributed by atoms with Crippen molar-refractivity contribution in [3.8, 4) is 11.1 Å². The Morgan fingerprint density at radius 1 is 0.750 bits per heavy atom. The molecule has 0 N–H and O–H groups in total. The third-order valence-corrected chi connectivity index (χ3v) is 12.5. The number of hydrogen-bond acceptors (Lipinski definition) is 1. The van der Waals surface area contributed by atoms with Gasteiger partial charge in [-0.3, -0.25) is 0 Å². The van der Waals surface area contributed by atoms with Crippen LogP contribution in [-0.2, 0) is 17.0 Å². The number of nitrogens with zero attached hydrogens (tertiary/aromatic N) is 1. The SMILES string of the molecule is C1CC2CC1CC2PC1C[C@@H]2CC[C@H]1C2.CN(C)c1ccccc1-c1cccc[c]1[Pd][Cl]. The number of rotatable bonds is 5. The van der Waals surface area contributed by atoms with E-state index >= 15 is 0 Å². The Hall–Kier alpha value is -0.378. The zero-order valence-corrected chi connectivity index (χ0v) is 22.7. The van der Waals surface area contributed by atoms with Crippen molar-refractivity contribution in [3.63, 3.8) is 0 Å². The summed E-state index contributed by atoms with van der Waals surface area (Å²) in [6.45, 7) is 0. The van der Waals surface area contributed by atoms with E-state index in [1.165, 1.54) is 64.4 Å². The molecule has 4 heteroatoms. The second-order valence-corrected chi connectivity index (χ2v) is 14.3. The molecule has 0 amide bonds. The van der Waals surface area contributed by atoms with Gasteiger partial charge in [-0.05, 0) is 73.5 Å². The molecule has 4 fully saturated rings. The quantitative estimate of drug-likeness (QED) is 0.274. The van der Waals surface area contributed by atoms with Crippen molar-refractivity contribution in [2.45, 2.75) is 62.7 Å². The Kier molecular flexibility index (Phi) is 7.66. The number of para-hydroxylation sites is 1. The van der Waals surface area contributed by atoms with E-state index in [1.807, 2.05) is 6.07 Å². The zero-order valence-electron chi connectivity index (χ0n) is 19.4. The van der Waals surface area contributed by atoms with Crippen molar-refractivity contribution in [1.82, 2.24) is 0 Å². The van der Waals surface area contributed by atoms with Gasteiger partial charge in [0.05, 0.1) is 0 Å². The Labute approximate surface area is 209 Å². The first-order valence-corrected chi connectivity index (χ1v) is 16.4. The molecule has 4 aliphatic carbocycles. The summed E-state index contributed by atoms with van der Waals surface area (Å²) in [7, 11) is 11.5. The molecule has 7 atom stereocenters. The molecular formula is C28H37ClNPPd. The summed E-state index contributed by atoms with van der Waals surface area (Å²) in [5.41, 5.74) is 6.10. The van der Waals surface area contributed by atoms with Gasteiger partial charge < -0.3 is 0 Å². The first-order valence-electron chi connectivity index (χ1n) is 12.4. The number of benzene rings is 2. The number of hydrogen-bond donors (Lipinski definition) is 0. The van der Waals surface area contributed by atoms with Crippen LogP contribution in [0.25, 0.3) is 11.1 Å². The number of anilines is 1. The summed E-state index contributed by atoms with van der Waals surface area (Å²) in [4.78, 5) is 2.13. The molecule has 2 aromatic rings. The Morgan fingerprint density at radius 2 is 1.31 bits per heavy atom. The fourth-order valence-corrected chi connectivity index (χ4v) is 11.0. The molecule has 176 valence electrons. The predicted molar refractivity (Wildman–Crippen MR) is 138 cm³/mol. The summed E-state index contributed by atoms with van der Waals surface area (Å²) in [5, 5.41) is 0. The van der Waals surface area contributed by atoms with E-state index in [4.69, 9.17) is 9.53 Å². The maximum absolute atomic E-state index is 6.05. The van der Waals surface area contributed by atoms with Crippen LogP contribution in [0.3, 0.4) is 0 Å². The summed E-state index contributed by atoms with van der Waals surface area (Å²) < 4.78 is 1.22. The monoisotopic (exact) mass is 559 g/mol. The third-order valence-electron chi connectivity index (χ3n) is 8.49. The van der Waals surface area contributed by atoms with Crippen molar-refractivity contribution in [3.05, 3.63) is 48.5 Å². The minimum atomic E-state index is 0.105. The van der Waals surface area contributed by atoms with Gasteiger partial charge in [0.15, 0.2) is 0 Å². The van der Waals surface area contributed by atoms with Crippen molar-refractivity contribution in [1.29, 1.82) is 0 Å². The van der Waals surface area contributed by atoms with Crippen LogP contribution in [0.5, 0.6) is 0 Å². The fraction of sp³-hybridized carbons (Fsp3) is 0.571. The summed E-state index contributed by atoms with van der Waals surface area (Å²) >= 11 is 0.105. The molecular weight excluding hydrogens is 523 g/mol. The van der Waals surface area contributed by atoms with Gasteiger partial charge in [0, 0.05) is 0 Å². The van der Waals surface area contributed by atoms with Gasteiger partial charge in [-0.1, -0.05) is 12.8 Å². The summed E-state index contributed by atoms with van der Waals surface area (Å²) in [5.74, 6) is 4.72. The fourth-order valence-electron chi connectivity index (χ4n) is 6.98. The standard InChI is InChI=1S/C14H14N.C14H23P.ClH.Pd/c1-15(2)14-11-7-6-10-13(14)12-8-4-3-5-9-12;1-3-11-5-9(1)7-13(11)15-14-8-10-2-4-12(14)6-10;;/h3-8,10-11H,1-2H3;9-15H,1-8H2;1H;/q;;;+1/p-1/t;9-,10?,11+,12?,13?,14?;;/m.1../s1. The van der Waals surface area contributed by atoms with Gasteiger partial charge >= 0.3 is 115 Å². The first kappa shape index (κ1) is 23.4. The molecule has 0 radical (unpaired) electrons. The molecule has 1 nitrogen and oxygen atoms in total. The third kappa shape index (κ3) is 5.01. The molecule has 0 heterocycles. The van der Waals surface area contributed by atoms with E-state index in [9.17, 15) is 0 Å². The van der Waals surface area contributed by atoms with E-state index < -0.39 is 0 Å². The Morgan fingerprint density at radius 3 is 1.81 bits per heavy atom. The van der Waals surface area contributed by atoms with E-state index in [2.05, 4.69) is 61.5 Å². The van der Waals surface area contributed by atoms with Crippen molar-refractivity contribution in [2.75, 3.05) is 19.0 Å². The molecule has 32 heavy (non-hydrogen) atoms. The van der Waals surface area contributed by atoms with Gasteiger partial charge in [-0.15, -0.1) is 8.58 Å². The van der Waals surface area contributed by atoms with Crippen LogP contribution in [0.2, 0.25) is 0 Å². The summed E-state index contributed by atoms with van der Waals surface area (Å²) in [6, 6.07) is 16.7. The van der Waals surface area contributed by atoms with Crippen LogP contribution in [0.1, 0.15) is 51.4 Å². The normalized spacial score (nSPS) is 32.6. The Bertz CT molecular complexity index is 892. The van der Waals surface area contributed by atoms with Gasteiger partial charge in [0.2, 0.25) is 0 Å². The van der Waals surface area contributed by atoms with Gasteiger partial charge in [0.1, 0.15) is 0 Å². The van der Waals surface area contributed by atoms with Crippen LogP contribution in [0, 0.1) is 23.7 Å². The zero-order chi connectivity index (χ0) is 22.1. The topological polar surface area (TPSA) is 3.24 Å². The number of fused-ring (bicyclic) bond motifs is 4. The molecule has 0 aliphatic heterocycles. The molecule has 2 aromatic carbocycles. The average molecular weight is 560 g/mol. The maximum atomic E-state index is 6.05. The molecule has 0 aromatic heterocycles. The first-order chi connectivity index (χ1) is 15.6. The predicted octanol–water partition coefficient (Wildman–Crippen LogP) is 7.32. The molecule has 4 saturated carbocycles. The molecule has 0 saturated heterocycles. The molecule has 6 rings (SSSR count). The van der Waals surface area contributed by atoms with Crippen LogP contribution >= 0.6 is 18.1 Å². The Balaban J connectivity index is 0.000000136. The molecule has 4 bridgehead atoms. The van der Waals surface area contributed by atoms with Crippen molar-refractivity contribution in [2.24, 2.45) is 23.7 Å². The van der Waals surface area contributed by atoms with Gasteiger partial charge in [-0.25, -0.2) is 0 Å². The van der Waals surface area contributed by atoms with Gasteiger partial charge in [-0.2, -0.15) is 0 Å². The molecule has 0 spiro atoms. The molecule has 4 aliphatic rings. The van der Waals surface area contributed by atoms with Crippen LogP contribution in [0.4, 0.5) is 5.69 Å². The van der Waals surface area contributed by atoms with E-state index in [-0.39, 0.29) is 17.0 Å². The van der Waals surface area contributed by atoms with Crippen LogP contribution < -0.4 is 8.94 Å². The second-order valence-electron chi connectivity index (χ2n) is 10.6. The van der Waals surface area contributed by atoms with E-state index in [0.29, 0.717) is 0 Å². The van der Waals surface area contributed by atoms with Crippen LogP contribution in [-0.4, -0.2) is 25.4 Å². The number of halogens is 1. The van der Waals surface area contributed by atoms with Crippen molar-refractivity contribution >= 4 is 27.8 Å². The van der Waals surface area contributed by atoms with Gasteiger partial charge in [0.25, 0.3) is 0 Å². The molecule has 5 unspecified atom stereocenters. The van der Waals surface area contributed by atoms with Crippen molar-refractivity contribution < 1.29 is 17.0 Å². The average Bonchev–Trinajstić information content (AvgIpc) is 3.62. The second kappa shape index (κ2) is 10.5.